The van der Waals surface area contributed by atoms with E-state index in [1.165, 1.54) is 0 Å². The fourth-order valence-electron chi connectivity index (χ4n) is 2.37. The van der Waals surface area contributed by atoms with Crippen LogP contribution in [0.5, 0.6) is 11.5 Å². The Morgan fingerprint density at radius 1 is 0.957 bits per heavy atom. The lowest BCUT2D eigenvalue weighted by atomic mass is 10.2. The van der Waals surface area contributed by atoms with Crippen molar-refractivity contribution in [2.24, 2.45) is 0 Å². The van der Waals surface area contributed by atoms with Gasteiger partial charge in [0.05, 0.1) is 19.2 Å². The van der Waals surface area contributed by atoms with Crippen molar-refractivity contribution in [1.82, 2.24) is 9.97 Å². The molecule has 0 spiro atoms. The highest BCUT2D eigenvalue weighted by Gasteiger charge is 2.08. The van der Waals surface area contributed by atoms with Gasteiger partial charge in [-0.05, 0) is 36.4 Å². The zero-order valence-corrected chi connectivity index (χ0v) is 13.3. The molecule has 0 saturated heterocycles. The van der Waals surface area contributed by atoms with E-state index in [-0.39, 0.29) is 0 Å². The first kappa shape index (κ1) is 15.1. The number of likely N-dealkylation sites (N-methyl/N-ethyl adjacent to an activating group) is 1. The van der Waals surface area contributed by atoms with Crippen LogP contribution in [0.15, 0.2) is 54.9 Å². The summed E-state index contributed by atoms with van der Waals surface area (Å²) in [6.45, 7) is 1.30. The van der Waals surface area contributed by atoms with Crippen LogP contribution in [-0.4, -0.2) is 37.3 Å². The molecule has 118 valence electrons. The summed E-state index contributed by atoms with van der Waals surface area (Å²) < 4.78 is 10.9. The fraction of sp³-hybridized carbons (Fsp3) is 0.222. The number of ether oxygens (including phenoxy) is 2. The Morgan fingerprint density at radius 2 is 1.70 bits per heavy atom. The molecule has 2 aromatic carbocycles. The van der Waals surface area contributed by atoms with Crippen molar-refractivity contribution in [3.8, 4) is 11.5 Å². The second-order valence-corrected chi connectivity index (χ2v) is 5.16. The number of nitrogens with zero attached hydrogens (tertiary/aromatic N) is 3. The topological polar surface area (TPSA) is 47.5 Å². The number of benzene rings is 2. The Morgan fingerprint density at radius 3 is 2.48 bits per heavy atom. The Kier molecular flexibility index (Phi) is 4.57. The number of anilines is 1. The summed E-state index contributed by atoms with van der Waals surface area (Å²) in [5.74, 6) is 2.56. The van der Waals surface area contributed by atoms with E-state index in [9.17, 15) is 0 Å². The van der Waals surface area contributed by atoms with Crippen molar-refractivity contribution in [2.75, 3.05) is 32.2 Å². The van der Waals surface area contributed by atoms with Gasteiger partial charge in [-0.1, -0.05) is 12.1 Å². The number of aromatic nitrogens is 2. The predicted molar refractivity (Wildman–Crippen MR) is 91.3 cm³/mol. The van der Waals surface area contributed by atoms with Gasteiger partial charge in [0.15, 0.2) is 0 Å². The summed E-state index contributed by atoms with van der Waals surface area (Å²) >= 11 is 0. The minimum absolute atomic E-state index is 0.571. The third-order valence-corrected chi connectivity index (χ3v) is 3.64. The number of methoxy groups -OCH3 is 1. The Balaban J connectivity index is 1.63. The van der Waals surface area contributed by atoms with Gasteiger partial charge < -0.3 is 14.4 Å². The Bertz CT molecular complexity index is 769. The van der Waals surface area contributed by atoms with Crippen molar-refractivity contribution in [1.29, 1.82) is 0 Å². The van der Waals surface area contributed by atoms with Crippen molar-refractivity contribution < 1.29 is 9.47 Å². The maximum absolute atomic E-state index is 5.77. The quantitative estimate of drug-likeness (QED) is 0.700. The molecular formula is C18H19N3O2. The summed E-state index contributed by atoms with van der Waals surface area (Å²) in [7, 11) is 3.66. The molecule has 3 aromatic rings. The van der Waals surface area contributed by atoms with Gasteiger partial charge in [0.2, 0.25) is 0 Å². The SMILES string of the molecule is COc1ccc(OCCN(C)c2ncnc3ccccc23)cc1. The van der Waals surface area contributed by atoms with Crippen molar-refractivity contribution in [3.63, 3.8) is 0 Å². The molecule has 0 aliphatic carbocycles. The first-order valence-electron chi connectivity index (χ1n) is 7.45. The molecule has 0 unspecified atom stereocenters. The summed E-state index contributed by atoms with van der Waals surface area (Å²) in [5.41, 5.74) is 0.945. The van der Waals surface area contributed by atoms with E-state index in [1.54, 1.807) is 13.4 Å². The molecule has 0 atom stereocenters. The molecule has 0 amide bonds. The van der Waals surface area contributed by atoms with Crippen molar-refractivity contribution in [3.05, 3.63) is 54.9 Å². The molecule has 0 aliphatic heterocycles. The van der Waals surface area contributed by atoms with Gasteiger partial charge in [-0.3, -0.25) is 0 Å². The molecule has 23 heavy (non-hydrogen) atoms. The smallest absolute Gasteiger partial charge is 0.139 e. The summed E-state index contributed by atoms with van der Waals surface area (Å²) in [4.78, 5) is 10.8. The van der Waals surface area contributed by atoms with E-state index >= 15 is 0 Å². The third-order valence-electron chi connectivity index (χ3n) is 3.64. The Hall–Kier alpha value is -2.82. The first-order chi connectivity index (χ1) is 11.3. The highest BCUT2D eigenvalue weighted by Crippen LogP contribution is 2.21. The number of hydrogen-bond donors (Lipinski definition) is 0. The standard InChI is InChI=1S/C18H19N3O2/c1-21(11-12-23-15-9-7-14(22-2)8-10-15)18-16-5-3-4-6-17(16)19-13-20-18/h3-10,13H,11-12H2,1-2H3. The van der Waals surface area contributed by atoms with Crippen LogP contribution in [0, 0.1) is 0 Å². The van der Waals surface area contributed by atoms with E-state index in [2.05, 4.69) is 14.9 Å². The molecule has 0 radical (unpaired) electrons. The second-order valence-electron chi connectivity index (χ2n) is 5.16. The van der Waals surface area contributed by atoms with Crippen molar-refractivity contribution in [2.45, 2.75) is 0 Å². The predicted octanol–water partition coefficient (Wildman–Crippen LogP) is 3.15. The average molecular weight is 309 g/mol. The third kappa shape index (κ3) is 3.51. The summed E-state index contributed by atoms with van der Waals surface area (Å²) in [6.07, 6.45) is 1.60. The van der Waals surface area contributed by atoms with E-state index in [1.807, 2.05) is 55.6 Å². The van der Waals surface area contributed by atoms with Gasteiger partial charge in [-0.25, -0.2) is 9.97 Å². The fourth-order valence-corrected chi connectivity index (χ4v) is 2.37. The minimum atomic E-state index is 0.571. The van der Waals surface area contributed by atoms with Gasteiger partial charge >= 0.3 is 0 Å². The lowest BCUT2D eigenvalue weighted by Gasteiger charge is -2.19. The van der Waals surface area contributed by atoms with E-state index in [4.69, 9.17) is 9.47 Å². The van der Waals surface area contributed by atoms with E-state index in [0.717, 1.165) is 34.8 Å². The molecule has 5 nitrogen and oxygen atoms in total. The second kappa shape index (κ2) is 6.96. The maximum Gasteiger partial charge on any atom is 0.139 e. The summed E-state index contributed by atoms with van der Waals surface area (Å²) in [5, 5.41) is 1.04. The van der Waals surface area contributed by atoms with E-state index in [0.29, 0.717) is 6.61 Å². The molecule has 0 aliphatic rings. The lowest BCUT2D eigenvalue weighted by molar-refractivity contribution is 0.325. The van der Waals surface area contributed by atoms with E-state index < -0.39 is 0 Å². The van der Waals surface area contributed by atoms with Crippen LogP contribution in [0.2, 0.25) is 0 Å². The molecular weight excluding hydrogens is 290 g/mol. The van der Waals surface area contributed by atoms with Crippen molar-refractivity contribution >= 4 is 16.7 Å². The molecule has 0 N–H and O–H groups in total. The number of hydrogen-bond acceptors (Lipinski definition) is 5. The molecule has 5 heteroatoms. The van der Waals surface area contributed by atoms with Crippen LogP contribution in [0.3, 0.4) is 0 Å². The monoisotopic (exact) mass is 309 g/mol. The van der Waals surface area contributed by atoms with Crippen LogP contribution >= 0.6 is 0 Å². The van der Waals surface area contributed by atoms with Crippen LogP contribution in [-0.2, 0) is 0 Å². The van der Waals surface area contributed by atoms with Gasteiger partial charge in [0.25, 0.3) is 0 Å². The number of rotatable bonds is 6. The highest BCUT2D eigenvalue weighted by atomic mass is 16.5. The highest BCUT2D eigenvalue weighted by molar-refractivity contribution is 5.89. The van der Waals surface area contributed by atoms with Gasteiger partial charge in [-0.15, -0.1) is 0 Å². The van der Waals surface area contributed by atoms with Crippen LogP contribution in [0.1, 0.15) is 0 Å². The van der Waals surface area contributed by atoms with Gasteiger partial charge in [0, 0.05) is 12.4 Å². The van der Waals surface area contributed by atoms with Gasteiger partial charge in [0.1, 0.15) is 30.3 Å². The lowest BCUT2D eigenvalue weighted by Crippen LogP contribution is -2.24. The molecule has 0 saturated carbocycles. The van der Waals surface area contributed by atoms with Crippen LogP contribution in [0.25, 0.3) is 10.9 Å². The number of para-hydroxylation sites is 1. The average Bonchev–Trinajstić information content (AvgIpc) is 2.61. The zero-order chi connectivity index (χ0) is 16.1. The molecule has 3 rings (SSSR count). The normalized spacial score (nSPS) is 10.5. The van der Waals surface area contributed by atoms with Gasteiger partial charge in [-0.2, -0.15) is 0 Å². The maximum atomic E-state index is 5.77. The minimum Gasteiger partial charge on any atom is -0.497 e. The first-order valence-corrected chi connectivity index (χ1v) is 7.45. The molecule has 0 fully saturated rings. The summed E-state index contributed by atoms with van der Waals surface area (Å²) in [6, 6.07) is 15.6. The molecule has 1 aromatic heterocycles. The number of fused-ring (bicyclic) bond motifs is 1. The van der Waals surface area contributed by atoms with Crippen LogP contribution < -0.4 is 14.4 Å². The molecule has 0 bridgehead atoms. The van der Waals surface area contributed by atoms with Crippen LogP contribution in [0.4, 0.5) is 5.82 Å². The zero-order valence-electron chi connectivity index (χ0n) is 13.3. The molecule has 1 heterocycles. The Labute approximate surface area is 135 Å². The largest absolute Gasteiger partial charge is 0.497 e.